The molecule has 1 N–H and O–H groups in total. The smallest absolute Gasteiger partial charge is 0.338 e. The standard InChI is InChI=1S/C25H31NO3/c1-17-6-5-7-19(16-17)23(27)26-21-12-8-18(9-13-21)24(28)29-22-14-10-20(11-15-22)25(2,3)4/h5-9,12-13,16,20,22H,10-11,14-15H2,1-4H3,(H,26,27). The van der Waals surface area contributed by atoms with Gasteiger partial charge in [-0.2, -0.15) is 0 Å². The van der Waals surface area contributed by atoms with Crippen LogP contribution in [0, 0.1) is 18.3 Å². The maximum absolute atomic E-state index is 12.5. The Hall–Kier alpha value is -2.62. The van der Waals surface area contributed by atoms with E-state index in [0.29, 0.717) is 28.1 Å². The van der Waals surface area contributed by atoms with Crippen LogP contribution in [-0.4, -0.2) is 18.0 Å². The van der Waals surface area contributed by atoms with Crippen molar-refractivity contribution in [3.05, 3.63) is 65.2 Å². The van der Waals surface area contributed by atoms with E-state index in [9.17, 15) is 9.59 Å². The van der Waals surface area contributed by atoms with E-state index in [4.69, 9.17) is 4.74 Å². The second kappa shape index (κ2) is 8.81. The zero-order chi connectivity index (χ0) is 21.0. The van der Waals surface area contributed by atoms with Crippen LogP contribution >= 0.6 is 0 Å². The van der Waals surface area contributed by atoms with Crippen LogP contribution in [0.4, 0.5) is 5.69 Å². The van der Waals surface area contributed by atoms with E-state index in [1.807, 2.05) is 25.1 Å². The molecular weight excluding hydrogens is 362 g/mol. The Morgan fingerprint density at radius 2 is 1.59 bits per heavy atom. The molecule has 1 saturated carbocycles. The lowest BCUT2D eigenvalue weighted by atomic mass is 9.72. The minimum absolute atomic E-state index is 0.00167. The number of rotatable bonds is 4. The Balaban J connectivity index is 1.53. The van der Waals surface area contributed by atoms with Gasteiger partial charge in [-0.05, 0) is 80.3 Å². The Morgan fingerprint density at radius 1 is 0.931 bits per heavy atom. The minimum atomic E-state index is -0.291. The molecular formula is C25H31NO3. The third kappa shape index (κ3) is 5.69. The van der Waals surface area contributed by atoms with Gasteiger partial charge in [-0.25, -0.2) is 4.79 Å². The van der Waals surface area contributed by atoms with E-state index in [-0.39, 0.29) is 18.0 Å². The molecule has 0 atom stereocenters. The van der Waals surface area contributed by atoms with Crippen molar-refractivity contribution in [2.75, 3.05) is 5.32 Å². The fourth-order valence-electron chi connectivity index (χ4n) is 3.95. The monoisotopic (exact) mass is 393 g/mol. The molecule has 0 bridgehead atoms. The van der Waals surface area contributed by atoms with Crippen LogP contribution in [0.15, 0.2) is 48.5 Å². The van der Waals surface area contributed by atoms with E-state index in [0.717, 1.165) is 31.2 Å². The number of ether oxygens (including phenoxy) is 1. The van der Waals surface area contributed by atoms with Crippen LogP contribution in [0.1, 0.15) is 72.7 Å². The number of hydrogen-bond donors (Lipinski definition) is 1. The average Bonchev–Trinajstić information content (AvgIpc) is 2.68. The van der Waals surface area contributed by atoms with Crippen molar-refractivity contribution < 1.29 is 14.3 Å². The topological polar surface area (TPSA) is 55.4 Å². The first kappa shape index (κ1) is 21.1. The predicted molar refractivity (Wildman–Crippen MR) is 116 cm³/mol. The lowest BCUT2D eigenvalue weighted by Gasteiger charge is -2.36. The van der Waals surface area contributed by atoms with Gasteiger partial charge in [0.25, 0.3) is 5.91 Å². The molecule has 0 spiro atoms. The van der Waals surface area contributed by atoms with Gasteiger partial charge in [0.15, 0.2) is 0 Å². The molecule has 0 unspecified atom stereocenters. The summed E-state index contributed by atoms with van der Waals surface area (Å²) >= 11 is 0. The third-order valence-electron chi connectivity index (χ3n) is 5.83. The molecule has 0 heterocycles. The van der Waals surface area contributed by atoms with Gasteiger partial charge in [-0.1, -0.05) is 38.5 Å². The number of carbonyl (C=O) groups excluding carboxylic acids is 2. The summed E-state index contributed by atoms with van der Waals surface area (Å²) in [5.74, 6) is 0.231. The number of aryl methyl sites for hydroxylation is 1. The molecule has 0 radical (unpaired) electrons. The molecule has 4 nitrogen and oxygen atoms in total. The van der Waals surface area contributed by atoms with Crippen LogP contribution in [0.5, 0.6) is 0 Å². The van der Waals surface area contributed by atoms with E-state index in [1.54, 1.807) is 30.3 Å². The summed E-state index contributed by atoms with van der Waals surface area (Å²) in [6, 6.07) is 14.3. The number of benzene rings is 2. The Morgan fingerprint density at radius 3 is 2.17 bits per heavy atom. The van der Waals surface area contributed by atoms with Crippen molar-refractivity contribution in [1.29, 1.82) is 0 Å². The molecule has 1 amide bonds. The van der Waals surface area contributed by atoms with Gasteiger partial charge in [0.1, 0.15) is 6.10 Å². The largest absolute Gasteiger partial charge is 0.459 e. The highest BCUT2D eigenvalue weighted by molar-refractivity contribution is 6.04. The number of nitrogens with one attached hydrogen (secondary N) is 1. The first-order valence-electron chi connectivity index (χ1n) is 10.4. The zero-order valence-corrected chi connectivity index (χ0v) is 17.8. The highest BCUT2D eigenvalue weighted by atomic mass is 16.5. The van der Waals surface area contributed by atoms with Crippen molar-refractivity contribution in [3.63, 3.8) is 0 Å². The highest BCUT2D eigenvalue weighted by Crippen LogP contribution is 2.38. The second-order valence-electron chi connectivity index (χ2n) is 9.15. The van der Waals surface area contributed by atoms with Gasteiger partial charge in [0, 0.05) is 11.3 Å². The summed E-state index contributed by atoms with van der Waals surface area (Å²) in [5, 5.41) is 2.86. The van der Waals surface area contributed by atoms with Crippen molar-refractivity contribution in [3.8, 4) is 0 Å². The van der Waals surface area contributed by atoms with Gasteiger partial charge in [-0.15, -0.1) is 0 Å². The summed E-state index contributed by atoms with van der Waals surface area (Å²) in [7, 11) is 0. The summed E-state index contributed by atoms with van der Waals surface area (Å²) < 4.78 is 5.72. The van der Waals surface area contributed by atoms with Crippen molar-refractivity contribution >= 4 is 17.6 Å². The maximum Gasteiger partial charge on any atom is 0.338 e. The molecule has 29 heavy (non-hydrogen) atoms. The minimum Gasteiger partial charge on any atom is -0.459 e. The van der Waals surface area contributed by atoms with Crippen LogP contribution in [-0.2, 0) is 4.74 Å². The van der Waals surface area contributed by atoms with Gasteiger partial charge >= 0.3 is 5.97 Å². The zero-order valence-electron chi connectivity index (χ0n) is 17.8. The van der Waals surface area contributed by atoms with Gasteiger partial charge in [-0.3, -0.25) is 4.79 Å². The molecule has 1 aliphatic carbocycles. The second-order valence-corrected chi connectivity index (χ2v) is 9.15. The molecule has 0 saturated heterocycles. The van der Waals surface area contributed by atoms with Crippen molar-refractivity contribution in [2.45, 2.75) is 59.5 Å². The molecule has 1 aliphatic rings. The fourth-order valence-corrected chi connectivity index (χ4v) is 3.95. The summed E-state index contributed by atoms with van der Waals surface area (Å²) in [6.45, 7) is 8.79. The summed E-state index contributed by atoms with van der Waals surface area (Å²) in [4.78, 5) is 24.8. The molecule has 0 aliphatic heterocycles. The number of carbonyl (C=O) groups is 2. The lowest BCUT2D eigenvalue weighted by Crippen LogP contribution is -2.30. The molecule has 154 valence electrons. The van der Waals surface area contributed by atoms with Crippen LogP contribution < -0.4 is 5.32 Å². The average molecular weight is 394 g/mol. The molecule has 2 aromatic carbocycles. The van der Waals surface area contributed by atoms with Crippen LogP contribution in [0.25, 0.3) is 0 Å². The van der Waals surface area contributed by atoms with E-state index >= 15 is 0 Å². The lowest BCUT2D eigenvalue weighted by molar-refractivity contribution is 0.00929. The molecule has 1 fully saturated rings. The third-order valence-corrected chi connectivity index (χ3v) is 5.83. The highest BCUT2D eigenvalue weighted by Gasteiger charge is 2.31. The number of amides is 1. The Labute approximate surface area is 173 Å². The molecule has 3 rings (SSSR count). The fraction of sp³-hybridized carbons (Fsp3) is 0.440. The van der Waals surface area contributed by atoms with Crippen molar-refractivity contribution in [2.24, 2.45) is 11.3 Å². The molecule has 4 heteroatoms. The Bertz CT molecular complexity index is 856. The normalized spacial score (nSPS) is 19.4. The SMILES string of the molecule is Cc1cccc(C(=O)Nc2ccc(C(=O)OC3CCC(C(C)(C)C)CC3)cc2)c1. The number of esters is 1. The maximum atomic E-state index is 12.5. The summed E-state index contributed by atoms with van der Waals surface area (Å²) in [5.41, 5.74) is 3.12. The Kier molecular flexibility index (Phi) is 6.41. The van der Waals surface area contributed by atoms with E-state index in [2.05, 4.69) is 26.1 Å². The predicted octanol–water partition coefficient (Wildman–Crippen LogP) is 6.01. The van der Waals surface area contributed by atoms with Crippen LogP contribution in [0.2, 0.25) is 0 Å². The van der Waals surface area contributed by atoms with Gasteiger partial charge in [0.05, 0.1) is 5.56 Å². The quantitative estimate of drug-likeness (QED) is 0.647. The molecule has 2 aromatic rings. The first-order valence-corrected chi connectivity index (χ1v) is 10.4. The van der Waals surface area contributed by atoms with Crippen molar-refractivity contribution in [1.82, 2.24) is 0 Å². The van der Waals surface area contributed by atoms with Gasteiger partial charge < -0.3 is 10.1 Å². The molecule has 0 aromatic heterocycles. The van der Waals surface area contributed by atoms with E-state index < -0.39 is 0 Å². The van der Waals surface area contributed by atoms with E-state index in [1.165, 1.54) is 0 Å². The number of anilines is 1. The van der Waals surface area contributed by atoms with Crippen LogP contribution in [0.3, 0.4) is 0 Å². The number of hydrogen-bond acceptors (Lipinski definition) is 3. The summed E-state index contributed by atoms with van der Waals surface area (Å²) in [6.07, 6.45) is 4.06. The first-order chi connectivity index (χ1) is 13.7. The van der Waals surface area contributed by atoms with Gasteiger partial charge in [0.2, 0.25) is 0 Å².